The van der Waals surface area contributed by atoms with Crippen molar-refractivity contribution in [2.75, 3.05) is 0 Å². The zero-order valence-electron chi connectivity index (χ0n) is 10.2. The predicted molar refractivity (Wildman–Crippen MR) is 66.7 cm³/mol. The van der Waals surface area contributed by atoms with Crippen LogP contribution in [0.25, 0.3) is 0 Å². The molecule has 0 fully saturated rings. The van der Waals surface area contributed by atoms with Crippen LogP contribution in [0.4, 0.5) is 0 Å². The minimum atomic E-state index is -1.06. The van der Waals surface area contributed by atoms with Gasteiger partial charge in [0.1, 0.15) is 0 Å². The smallest absolute Gasteiger partial charge is 0.373 e. The number of aromatic nitrogens is 1. The molecule has 18 heavy (non-hydrogen) atoms. The summed E-state index contributed by atoms with van der Waals surface area (Å²) >= 11 is 0. The van der Waals surface area contributed by atoms with E-state index in [-0.39, 0.29) is 5.76 Å². The molecule has 1 N–H and O–H groups in total. The number of nitrogens with zero attached hydrogens (tertiary/aromatic N) is 1. The van der Waals surface area contributed by atoms with Crippen LogP contribution in [-0.4, -0.2) is 16.1 Å². The molecule has 0 amide bonds. The van der Waals surface area contributed by atoms with Gasteiger partial charge in [-0.1, -0.05) is 30.3 Å². The van der Waals surface area contributed by atoms with Crippen molar-refractivity contribution in [3.8, 4) is 0 Å². The van der Waals surface area contributed by atoms with Crippen LogP contribution in [0, 0.1) is 6.92 Å². The van der Waals surface area contributed by atoms with E-state index in [1.807, 2.05) is 18.2 Å². The average Bonchev–Trinajstić information content (AvgIpc) is 2.72. The molecule has 0 unspecified atom stereocenters. The van der Waals surface area contributed by atoms with Gasteiger partial charge in [0.05, 0.1) is 5.69 Å². The number of hydrogen-bond donors (Lipinski definition) is 1. The molecular weight excluding hydrogens is 230 g/mol. The summed E-state index contributed by atoms with van der Waals surface area (Å²) in [4.78, 5) is 14.9. The summed E-state index contributed by atoms with van der Waals surface area (Å²) in [5.41, 5.74) is 1.71. The Balaban J connectivity index is 1.91. The summed E-state index contributed by atoms with van der Waals surface area (Å²) in [6.45, 7) is 1.65. The topological polar surface area (TPSA) is 63.3 Å². The fraction of sp³-hybridized carbons (Fsp3) is 0.286. The minimum absolute atomic E-state index is 0.0512. The Labute approximate surface area is 105 Å². The molecule has 4 heteroatoms. The van der Waals surface area contributed by atoms with Gasteiger partial charge in [-0.25, -0.2) is 9.78 Å². The highest BCUT2D eigenvalue weighted by Crippen LogP contribution is 2.13. The summed E-state index contributed by atoms with van der Waals surface area (Å²) in [6.07, 6.45) is 2.48. The number of aromatic carboxylic acids is 1. The van der Waals surface area contributed by atoms with Crippen LogP contribution in [0.2, 0.25) is 0 Å². The van der Waals surface area contributed by atoms with Gasteiger partial charge in [-0.15, -0.1) is 0 Å². The zero-order valence-corrected chi connectivity index (χ0v) is 10.2. The molecule has 4 nitrogen and oxygen atoms in total. The van der Waals surface area contributed by atoms with Crippen LogP contribution in [0.1, 0.15) is 34.1 Å². The first-order valence-corrected chi connectivity index (χ1v) is 5.90. The Morgan fingerprint density at radius 1 is 1.28 bits per heavy atom. The van der Waals surface area contributed by atoms with Crippen LogP contribution in [0.3, 0.4) is 0 Å². The normalized spacial score (nSPS) is 10.5. The maximum Gasteiger partial charge on any atom is 0.373 e. The summed E-state index contributed by atoms with van der Waals surface area (Å²) < 4.78 is 5.20. The fourth-order valence-electron chi connectivity index (χ4n) is 1.85. The van der Waals surface area contributed by atoms with Crippen LogP contribution in [0.15, 0.2) is 34.7 Å². The molecule has 0 bridgehead atoms. The first-order valence-electron chi connectivity index (χ1n) is 5.90. The van der Waals surface area contributed by atoms with Crippen molar-refractivity contribution in [2.24, 2.45) is 0 Å². The number of carbonyl (C=O) groups is 1. The number of benzene rings is 1. The van der Waals surface area contributed by atoms with E-state index in [9.17, 15) is 4.79 Å². The van der Waals surface area contributed by atoms with Crippen molar-refractivity contribution in [1.82, 2.24) is 4.98 Å². The average molecular weight is 245 g/mol. The summed E-state index contributed by atoms with van der Waals surface area (Å²) in [7, 11) is 0. The number of hydrogen-bond acceptors (Lipinski definition) is 3. The van der Waals surface area contributed by atoms with Crippen LogP contribution < -0.4 is 0 Å². The van der Waals surface area contributed by atoms with Gasteiger partial charge in [0.15, 0.2) is 5.89 Å². The van der Waals surface area contributed by atoms with Crippen molar-refractivity contribution in [1.29, 1.82) is 0 Å². The van der Waals surface area contributed by atoms with Gasteiger partial charge in [-0.05, 0) is 25.3 Å². The SMILES string of the molecule is Cc1nc(CCCc2ccccc2)oc1C(=O)O. The third kappa shape index (κ3) is 2.97. The molecule has 2 aromatic rings. The van der Waals surface area contributed by atoms with Crippen LogP contribution in [0.5, 0.6) is 0 Å². The fourth-order valence-corrected chi connectivity index (χ4v) is 1.85. The van der Waals surface area contributed by atoms with E-state index in [1.165, 1.54) is 5.56 Å². The van der Waals surface area contributed by atoms with Crippen molar-refractivity contribution < 1.29 is 14.3 Å². The zero-order chi connectivity index (χ0) is 13.0. The molecule has 0 spiro atoms. The highest BCUT2D eigenvalue weighted by molar-refractivity contribution is 5.85. The Bertz CT molecular complexity index is 531. The van der Waals surface area contributed by atoms with Gasteiger partial charge in [0, 0.05) is 6.42 Å². The third-order valence-electron chi connectivity index (χ3n) is 2.73. The summed E-state index contributed by atoms with van der Waals surface area (Å²) in [5.74, 6) is -0.611. The maximum absolute atomic E-state index is 10.8. The van der Waals surface area contributed by atoms with Crippen LogP contribution >= 0.6 is 0 Å². The number of carboxylic acid groups (broad SMARTS) is 1. The highest BCUT2D eigenvalue weighted by atomic mass is 16.4. The molecular formula is C14H15NO3. The Hall–Kier alpha value is -2.10. The van der Waals surface area contributed by atoms with Crippen molar-refractivity contribution >= 4 is 5.97 Å². The van der Waals surface area contributed by atoms with E-state index in [0.29, 0.717) is 18.0 Å². The number of carboxylic acids is 1. The monoisotopic (exact) mass is 245 g/mol. The second-order valence-electron chi connectivity index (χ2n) is 4.17. The van der Waals surface area contributed by atoms with Crippen molar-refractivity contribution in [3.63, 3.8) is 0 Å². The van der Waals surface area contributed by atoms with Gasteiger partial charge in [-0.2, -0.15) is 0 Å². The van der Waals surface area contributed by atoms with Gasteiger partial charge in [0.25, 0.3) is 0 Å². The molecule has 0 aliphatic rings. The first kappa shape index (κ1) is 12.4. The molecule has 0 saturated carbocycles. The van der Waals surface area contributed by atoms with E-state index >= 15 is 0 Å². The van der Waals surface area contributed by atoms with Gasteiger partial charge >= 0.3 is 5.97 Å². The van der Waals surface area contributed by atoms with E-state index in [1.54, 1.807) is 6.92 Å². The van der Waals surface area contributed by atoms with E-state index in [0.717, 1.165) is 12.8 Å². The lowest BCUT2D eigenvalue weighted by atomic mass is 10.1. The van der Waals surface area contributed by atoms with E-state index < -0.39 is 5.97 Å². The lowest BCUT2D eigenvalue weighted by molar-refractivity contribution is 0.0659. The molecule has 0 radical (unpaired) electrons. The molecule has 1 aromatic carbocycles. The molecule has 0 aliphatic heterocycles. The molecule has 0 aliphatic carbocycles. The van der Waals surface area contributed by atoms with Crippen molar-refractivity contribution in [2.45, 2.75) is 26.2 Å². The third-order valence-corrected chi connectivity index (χ3v) is 2.73. The molecule has 0 saturated heterocycles. The minimum Gasteiger partial charge on any atom is -0.475 e. The summed E-state index contributed by atoms with van der Waals surface area (Å²) in [6, 6.07) is 10.1. The first-order chi connectivity index (χ1) is 8.66. The lowest BCUT2D eigenvalue weighted by Gasteiger charge is -1.98. The van der Waals surface area contributed by atoms with Gasteiger partial charge in [-0.3, -0.25) is 0 Å². The summed E-state index contributed by atoms with van der Waals surface area (Å²) in [5, 5.41) is 8.85. The van der Waals surface area contributed by atoms with Gasteiger partial charge < -0.3 is 9.52 Å². The maximum atomic E-state index is 10.8. The molecule has 1 heterocycles. The molecule has 94 valence electrons. The Morgan fingerprint density at radius 3 is 2.61 bits per heavy atom. The lowest BCUT2D eigenvalue weighted by Crippen LogP contribution is -1.95. The number of oxazole rings is 1. The highest BCUT2D eigenvalue weighted by Gasteiger charge is 2.15. The van der Waals surface area contributed by atoms with Crippen molar-refractivity contribution in [3.05, 3.63) is 53.2 Å². The molecule has 1 aromatic heterocycles. The van der Waals surface area contributed by atoms with Crippen LogP contribution in [-0.2, 0) is 12.8 Å². The molecule has 0 atom stereocenters. The molecule has 2 rings (SSSR count). The quantitative estimate of drug-likeness (QED) is 0.879. The second kappa shape index (κ2) is 5.49. The Kier molecular flexibility index (Phi) is 3.77. The van der Waals surface area contributed by atoms with E-state index in [2.05, 4.69) is 17.1 Å². The largest absolute Gasteiger partial charge is 0.475 e. The van der Waals surface area contributed by atoms with Gasteiger partial charge in [0.2, 0.25) is 5.76 Å². The predicted octanol–water partition coefficient (Wildman–Crippen LogP) is 2.86. The number of rotatable bonds is 5. The number of aryl methyl sites for hydroxylation is 3. The standard InChI is InChI=1S/C14H15NO3/c1-10-13(14(16)17)18-12(15-10)9-5-8-11-6-3-2-4-7-11/h2-4,6-7H,5,8-9H2,1H3,(H,16,17). The Morgan fingerprint density at radius 2 is 2.00 bits per heavy atom. The van der Waals surface area contributed by atoms with E-state index in [4.69, 9.17) is 9.52 Å². The second-order valence-corrected chi connectivity index (χ2v) is 4.17.